The van der Waals surface area contributed by atoms with Crippen LogP contribution < -0.4 is 0 Å². The number of nitrogens with zero attached hydrogens (tertiary/aromatic N) is 4. The van der Waals surface area contributed by atoms with E-state index in [4.69, 9.17) is 38.1 Å². The number of aromatic nitrogens is 1. The summed E-state index contributed by atoms with van der Waals surface area (Å²) in [6, 6.07) is 14.3. The lowest BCUT2D eigenvalue weighted by Crippen LogP contribution is -2.57. The lowest BCUT2D eigenvalue weighted by Gasteiger charge is -2.48. The monoisotopic (exact) mass is 439 g/mol. The van der Waals surface area contributed by atoms with Crippen LogP contribution in [0.3, 0.4) is 0 Å². The van der Waals surface area contributed by atoms with Crippen LogP contribution in [0.5, 0.6) is 0 Å². The van der Waals surface area contributed by atoms with Gasteiger partial charge in [-0.05, 0) is 30.3 Å². The molecular weight excluding hydrogens is 425 g/mol. The second-order valence-electron chi connectivity index (χ2n) is 7.44. The van der Waals surface area contributed by atoms with Crippen molar-refractivity contribution < 1.29 is 9.47 Å². The zero-order valence-corrected chi connectivity index (χ0v) is 17.5. The summed E-state index contributed by atoms with van der Waals surface area (Å²) in [5, 5.41) is 39.8. The van der Waals surface area contributed by atoms with Gasteiger partial charge in [-0.15, -0.1) is 0 Å². The standard InChI is InChI=1S/C21H15Cl2N5O2/c1-12-20(11-26)18(27)30-21(12,14-6-5-13(22)8-15(14)23)29-17(19(20,9-24)10-25)16-4-3-7-28(16)2/h3-8,12,17,27H,1-2H3. The highest BCUT2D eigenvalue weighted by Crippen LogP contribution is 2.69. The first-order valence-electron chi connectivity index (χ1n) is 9.00. The van der Waals surface area contributed by atoms with E-state index in [1.54, 1.807) is 49.0 Å². The molecule has 0 amide bonds. The molecule has 0 radical (unpaired) electrons. The first-order valence-corrected chi connectivity index (χ1v) is 9.76. The highest BCUT2D eigenvalue weighted by molar-refractivity contribution is 6.35. The Hall–Kier alpha value is -3.02. The number of aryl methyl sites for hydroxylation is 1. The summed E-state index contributed by atoms with van der Waals surface area (Å²) in [6.07, 6.45) is 0.559. The Labute approximate surface area is 183 Å². The van der Waals surface area contributed by atoms with Crippen LogP contribution in [0, 0.1) is 56.2 Å². The third-order valence-electron chi connectivity index (χ3n) is 6.23. The fourth-order valence-electron chi connectivity index (χ4n) is 4.63. The second-order valence-corrected chi connectivity index (χ2v) is 8.28. The van der Waals surface area contributed by atoms with E-state index < -0.39 is 34.5 Å². The van der Waals surface area contributed by atoms with Gasteiger partial charge in [0.1, 0.15) is 6.10 Å². The molecule has 1 aromatic heterocycles. The van der Waals surface area contributed by atoms with E-state index in [0.717, 1.165) is 0 Å². The Morgan fingerprint density at radius 2 is 1.83 bits per heavy atom. The minimum absolute atomic E-state index is 0.225. The number of hydrogen-bond acceptors (Lipinski definition) is 6. The van der Waals surface area contributed by atoms with Crippen LogP contribution in [0.4, 0.5) is 0 Å². The van der Waals surface area contributed by atoms with E-state index in [9.17, 15) is 15.8 Å². The van der Waals surface area contributed by atoms with Crippen LogP contribution >= 0.6 is 23.2 Å². The third kappa shape index (κ3) is 2.14. The van der Waals surface area contributed by atoms with Crippen LogP contribution in [-0.4, -0.2) is 10.5 Å². The molecule has 30 heavy (non-hydrogen) atoms. The maximum Gasteiger partial charge on any atom is 0.245 e. The molecule has 1 N–H and O–H groups in total. The Morgan fingerprint density at radius 3 is 2.37 bits per heavy atom. The zero-order valence-electron chi connectivity index (χ0n) is 16.0. The quantitative estimate of drug-likeness (QED) is 0.741. The SMILES string of the molecule is CC1C2(c3ccc(Cl)cc3Cl)OC(=N)C1(C#N)C(C#N)(C#N)C(c1cccn1C)O2. The maximum atomic E-state index is 10.3. The summed E-state index contributed by atoms with van der Waals surface area (Å²) >= 11 is 12.5. The number of benzene rings is 1. The Kier molecular flexibility index (Phi) is 4.38. The summed E-state index contributed by atoms with van der Waals surface area (Å²) in [5.41, 5.74) is -3.04. The van der Waals surface area contributed by atoms with E-state index >= 15 is 0 Å². The van der Waals surface area contributed by atoms with Gasteiger partial charge in [0.05, 0.1) is 29.1 Å². The normalized spacial score (nSPS) is 31.3. The van der Waals surface area contributed by atoms with Crippen LogP contribution in [0.25, 0.3) is 0 Å². The molecule has 2 aromatic rings. The zero-order chi connectivity index (χ0) is 21.9. The minimum atomic E-state index is -2.02. The van der Waals surface area contributed by atoms with Gasteiger partial charge < -0.3 is 14.0 Å². The molecule has 4 rings (SSSR count). The van der Waals surface area contributed by atoms with Gasteiger partial charge in [-0.1, -0.05) is 30.1 Å². The summed E-state index contributed by atoms with van der Waals surface area (Å²) in [4.78, 5) is 0. The van der Waals surface area contributed by atoms with Crippen molar-refractivity contribution in [2.45, 2.75) is 18.8 Å². The largest absolute Gasteiger partial charge is 0.443 e. The van der Waals surface area contributed by atoms with Gasteiger partial charge in [0.2, 0.25) is 17.1 Å². The number of halogens is 2. The first-order chi connectivity index (χ1) is 14.2. The third-order valence-corrected chi connectivity index (χ3v) is 6.78. The fraction of sp³-hybridized carbons (Fsp3) is 0.333. The van der Waals surface area contributed by atoms with Crippen molar-refractivity contribution in [3.63, 3.8) is 0 Å². The molecule has 2 aliphatic heterocycles. The summed E-state index contributed by atoms with van der Waals surface area (Å²) in [5.74, 6) is -3.04. The van der Waals surface area contributed by atoms with Crippen molar-refractivity contribution in [1.29, 1.82) is 21.2 Å². The average molecular weight is 440 g/mol. The summed E-state index contributed by atoms with van der Waals surface area (Å²) in [7, 11) is 1.74. The van der Waals surface area contributed by atoms with Crippen LogP contribution in [-0.2, 0) is 22.3 Å². The number of rotatable bonds is 2. The van der Waals surface area contributed by atoms with Crippen molar-refractivity contribution in [3.05, 3.63) is 57.8 Å². The maximum absolute atomic E-state index is 10.3. The molecule has 3 heterocycles. The van der Waals surface area contributed by atoms with Crippen molar-refractivity contribution in [2.24, 2.45) is 23.8 Å². The van der Waals surface area contributed by atoms with Gasteiger partial charge in [0.15, 0.2) is 5.41 Å². The summed E-state index contributed by atoms with van der Waals surface area (Å²) < 4.78 is 14.0. The number of nitriles is 3. The molecule has 0 saturated carbocycles. The molecular formula is C21H15Cl2N5O2. The molecule has 150 valence electrons. The second kappa shape index (κ2) is 6.49. The van der Waals surface area contributed by atoms with Crippen LogP contribution in [0.1, 0.15) is 24.3 Å². The predicted octanol–water partition coefficient (Wildman–Crippen LogP) is 4.44. The number of nitrogens with one attached hydrogen (secondary N) is 1. The van der Waals surface area contributed by atoms with Gasteiger partial charge in [-0.3, -0.25) is 5.41 Å². The van der Waals surface area contributed by atoms with E-state index in [0.29, 0.717) is 16.3 Å². The van der Waals surface area contributed by atoms with Crippen molar-refractivity contribution in [1.82, 2.24) is 4.57 Å². The molecule has 2 fully saturated rings. The van der Waals surface area contributed by atoms with E-state index in [1.807, 2.05) is 12.1 Å². The van der Waals surface area contributed by atoms with Crippen molar-refractivity contribution in [2.75, 3.05) is 0 Å². The number of ether oxygens (including phenoxy) is 2. The molecule has 2 bridgehead atoms. The number of hydrogen-bond donors (Lipinski definition) is 1. The molecule has 0 aliphatic carbocycles. The van der Waals surface area contributed by atoms with Crippen molar-refractivity contribution >= 4 is 29.1 Å². The molecule has 9 heteroatoms. The first kappa shape index (κ1) is 20.3. The van der Waals surface area contributed by atoms with Gasteiger partial charge in [0, 0.05) is 29.5 Å². The molecule has 2 aliphatic rings. The van der Waals surface area contributed by atoms with Crippen LogP contribution in [0.2, 0.25) is 10.0 Å². The highest BCUT2D eigenvalue weighted by atomic mass is 35.5. The lowest BCUT2D eigenvalue weighted by molar-refractivity contribution is -0.289. The smallest absolute Gasteiger partial charge is 0.245 e. The average Bonchev–Trinajstić information content (AvgIpc) is 3.20. The Bertz CT molecular complexity index is 1190. The van der Waals surface area contributed by atoms with E-state index in [-0.39, 0.29) is 5.02 Å². The Balaban J connectivity index is 2.08. The molecule has 2 saturated heterocycles. The summed E-state index contributed by atoms with van der Waals surface area (Å²) in [6.45, 7) is 1.63. The van der Waals surface area contributed by atoms with Gasteiger partial charge in [0.25, 0.3) is 0 Å². The topological polar surface area (TPSA) is 119 Å². The predicted molar refractivity (Wildman–Crippen MR) is 107 cm³/mol. The minimum Gasteiger partial charge on any atom is -0.443 e. The van der Waals surface area contributed by atoms with Gasteiger partial charge in [-0.25, -0.2) is 0 Å². The lowest BCUT2D eigenvalue weighted by atomic mass is 9.54. The Morgan fingerprint density at radius 1 is 1.13 bits per heavy atom. The van der Waals surface area contributed by atoms with Crippen LogP contribution in [0.15, 0.2) is 36.5 Å². The molecule has 4 unspecified atom stereocenters. The van der Waals surface area contributed by atoms with Gasteiger partial charge in [-0.2, -0.15) is 15.8 Å². The molecule has 7 nitrogen and oxygen atoms in total. The van der Waals surface area contributed by atoms with Crippen molar-refractivity contribution in [3.8, 4) is 18.2 Å². The molecule has 1 aromatic carbocycles. The van der Waals surface area contributed by atoms with Gasteiger partial charge >= 0.3 is 0 Å². The fourth-order valence-corrected chi connectivity index (χ4v) is 5.17. The van der Waals surface area contributed by atoms with E-state index in [1.165, 1.54) is 6.07 Å². The molecule has 4 atom stereocenters. The number of fused-ring (bicyclic) bond motifs is 2. The highest BCUT2D eigenvalue weighted by Gasteiger charge is 2.80. The molecule has 0 spiro atoms. The van der Waals surface area contributed by atoms with E-state index in [2.05, 4.69) is 6.07 Å².